The number of carbonyl (C=O) groups excluding carboxylic acids is 2. The Morgan fingerprint density at radius 2 is 1.72 bits per heavy atom. The highest BCUT2D eigenvalue weighted by atomic mass is 19.1. The molecule has 0 saturated heterocycles. The van der Waals surface area contributed by atoms with Crippen molar-refractivity contribution in [3.05, 3.63) is 70.0 Å². The smallest absolute Gasteiger partial charge is 0.344 e. The largest absolute Gasteiger partial charge is 0.482 e. The SMILES string of the molecule is C[C@@H](OC(=O)COc1ccc([N+](=O)[O-])cc1)C(=O)c1ccc(F)cc1. The third-order valence-electron chi connectivity index (χ3n) is 3.21. The maximum absolute atomic E-state index is 12.8. The van der Waals surface area contributed by atoms with Gasteiger partial charge in [-0.15, -0.1) is 0 Å². The number of ketones is 1. The van der Waals surface area contributed by atoms with Gasteiger partial charge in [-0.1, -0.05) is 0 Å². The zero-order valence-corrected chi connectivity index (χ0v) is 13.2. The Balaban J connectivity index is 1.85. The van der Waals surface area contributed by atoms with E-state index < -0.39 is 35.2 Å². The van der Waals surface area contributed by atoms with Gasteiger partial charge in [0, 0.05) is 17.7 Å². The van der Waals surface area contributed by atoms with Gasteiger partial charge in [0.05, 0.1) is 4.92 Å². The van der Waals surface area contributed by atoms with E-state index in [0.29, 0.717) is 0 Å². The molecule has 2 aromatic rings. The number of ether oxygens (including phenoxy) is 2. The van der Waals surface area contributed by atoms with Gasteiger partial charge in [0.15, 0.2) is 12.7 Å². The molecule has 0 amide bonds. The van der Waals surface area contributed by atoms with Crippen molar-refractivity contribution in [1.82, 2.24) is 0 Å². The van der Waals surface area contributed by atoms with Crippen LogP contribution in [-0.2, 0) is 9.53 Å². The maximum atomic E-state index is 12.8. The summed E-state index contributed by atoms with van der Waals surface area (Å²) in [6.45, 7) is 0.939. The van der Waals surface area contributed by atoms with E-state index in [1.807, 2.05) is 0 Å². The Bertz CT molecular complexity index is 773. The first-order chi connectivity index (χ1) is 11.9. The van der Waals surface area contributed by atoms with Crippen molar-refractivity contribution >= 4 is 17.4 Å². The lowest BCUT2D eigenvalue weighted by Gasteiger charge is -2.13. The van der Waals surface area contributed by atoms with Crippen LogP contribution in [-0.4, -0.2) is 29.4 Å². The predicted molar refractivity (Wildman–Crippen MR) is 84.9 cm³/mol. The standard InChI is InChI=1S/C17H14FNO6/c1-11(17(21)12-2-4-13(18)5-3-12)25-16(20)10-24-15-8-6-14(7-9-15)19(22)23/h2-9,11H,10H2,1H3/t11-/m1/s1. The van der Waals surface area contributed by atoms with Crippen molar-refractivity contribution in [2.75, 3.05) is 6.61 Å². The molecule has 2 aromatic carbocycles. The molecule has 0 fully saturated rings. The molecule has 130 valence electrons. The van der Waals surface area contributed by atoms with Crippen molar-refractivity contribution < 1.29 is 28.4 Å². The van der Waals surface area contributed by atoms with Crippen molar-refractivity contribution in [3.8, 4) is 5.75 Å². The van der Waals surface area contributed by atoms with Gasteiger partial charge in [0.2, 0.25) is 5.78 Å². The third-order valence-corrected chi connectivity index (χ3v) is 3.21. The second-order valence-electron chi connectivity index (χ2n) is 5.04. The molecule has 0 bridgehead atoms. The molecule has 0 aliphatic rings. The van der Waals surface area contributed by atoms with Crippen LogP contribution in [0.5, 0.6) is 5.75 Å². The molecule has 0 saturated carbocycles. The van der Waals surface area contributed by atoms with E-state index in [2.05, 4.69) is 0 Å². The summed E-state index contributed by atoms with van der Waals surface area (Å²) in [6, 6.07) is 10.0. The summed E-state index contributed by atoms with van der Waals surface area (Å²) in [7, 11) is 0. The molecule has 2 rings (SSSR count). The summed E-state index contributed by atoms with van der Waals surface area (Å²) in [5.41, 5.74) is 0.117. The lowest BCUT2D eigenvalue weighted by molar-refractivity contribution is -0.384. The Morgan fingerprint density at radius 1 is 1.12 bits per heavy atom. The first-order valence-corrected chi connectivity index (χ1v) is 7.23. The molecule has 0 aliphatic carbocycles. The molecule has 0 aliphatic heterocycles. The minimum absolute atomic E-state index is 0.103. The van der Waals surface area contributed by atoms with Crippen LogP contribution in [0, 0.1) is 15.9 Å². The number of rotatable bonds is 7. The average molecular weight is 347 g/mol. The number of carbonyl (C=O) groups is 2. The first-order valence-electron chi connectivity index (χ1n) is 7.23. The van der Waals surface area contributed by atoms with E-state index in [1.165, 1.54) is 43.3 Å². The van der Waals surface area contributed by atoms with E-state index in [9.17, 15) is 24.1 Å². The Labute approximate surface area is 142 Å². The van der Waals surface area contributed by atoms with Gasteiger partial charge in [-0.05, 0) is 43.3 Å². The maximum Gasteiger partial charge on any atom is 0.344 e. The van der Waals surface area contributed by atoms with E-state index >= 15 is 0 Å². The summed E-state index contributed by atoms with van der Waals surface area (Å²) in [6.07, 6.45) is -1.06. The quantitative estimate of drug-likeness (QED) is 0.331. The highest BCUT2D eigenvalue weighted by Gasteiger charge is 2.20. The molecule has 0 N–H and O–H groups in total. The van der Waals surface area contributed by atoms with Crippen LogP contribution in [0.15, 0.2) is 48.5 Å². The molecule has 8 heteroatoms. The van der Waals surface area contributed by atoms with Crippen LogP contribution in [0.1, 0.15) is 17.3 Å². The van der Waals surface area contributed by atoms with E-state index in [0.717, 1.165) is 12.1 Å². The van der Waals surface area contributed by atoms with Gasteiger partial charge in [-0.3, -0.25) is 14.9 Å². The van der Waals surface area contributed by atoms with Crippen LogP contribution in [0.25, 0.3) is 0 Å². The molecule has 7 nitrogen and oxygen atoms in total. The Hall–Kier alpha value is -3.29. The number of Topliss-reactive ketones (excluding diaryl/α,β-unsaturated/α-hetero) is 1. The van der Waals surface area contributed by atoms with Gasteiger partial charge in [-0.2, -0.15) is 0 Å². The Kier molecular flexibility index (Phi) is 5.78. The molecule has 0 radical (unpaired) electrons. The molecule has 1 atom stereocenters. The van der Waals surface area contributed by atoms with Gasteiger partial charge in [-0.25, -0.2) is 9.18 Å². The third kappa shape index (κ3) is 5.10. The zero-order chi connectivity index (χ0) is 18.4. The number of esters is 1. The molecular formula is C17H14FNO6. The van der Waals surface area contributed by atoms with E-state index in [1.54, 1.807) is 0 Å². The summed E-state index contributed by atoms with van der Waals surface area (Å²) in [4.78, 5) is 33.8. The molecule has 0 spiro atoms. The monoisotopic (exact) mass is 347 g/mol. The summed E-state index contributed by atoms with van der Waals surface area (Å²) in [5.74, 6) is -1.47. The Morgan fingerprint density at radius 3 is 2.28 bits per heavy atom. The lowest BCUT2D eigenvalue weighted by atomic mass is 10.1. The number of nitrogens with zero attached hydrogens (tertiary/aromatic N) is 1. The number of nitro groups is 1. The highest BCUT2D eigenvalue weighted by Crippen LogP contribution is 2.17. The van der Waals surface area contributed by atoms with Crippen LogP contribution in [0.2, 0.25) is 0 Å². The van der Waals surface area contributed by atoms with Crippen LogP contribution in [0.3, 0.4) is 0 Å². The van der Waals surface area contributed by atoms with Crippen LogP contribution >= 0.6 is 0 Å². The van der Waals surface area contributed by atoms with Crippen molar-refractivity contribution in [1.29, 1.82) is 0 Å². The summed E-state index contributed by atoms with van der Waals surface area (Å²) in [5, 5.41) is 10.5. The number of halogens is 1. The molecule has 0 heterocycles. The number of nitro benzene ring substituents is 1. The number of hydrogen-bond acceptors (Lipinski definition) is 6. The van der Waals surface area contributed by atoms with E-state index in [4.69, 9.17) is 9.47 Å². The van der Waals surface area contributed by atoms with Gasteiger partial charge < -0.3 is 9.47 Å². The van der Waals surface area contributed by atoms with Crippen molar-refractivity contribution in [2.45, 2.75) is 13.0 Å². The fourth-order valence-corrected chi connectivity index (χ4v) is 1.94. The molecular weight excluding hydrogens is 333 g/mol. The fourth-order valence-electron chi connectivity index (χ4n) is 1.94. The first kappa shape index (κ1) is 18.1. The van der Waals surface area contributed by atoms with Gasteiger partial charge in [0.1, 0.15) is 11.6 Å². The topological polar surface area (TPSA) is 95.7 Å². The number of non-ortho nitro benzene ring substituents is 1. The number of benzene rings is 2. The summed E-state index contributed by atoms with van der Waals surface area (Å²) < 4.78 is 23.0. The van der Waals surface area contributed by atoms with Gasteiger partial charge in [0.25, 0.3) is 5.69 Å². The molecule has 0 unspecified atom stereocenters. The summed E-state index contributed by atoms with van der Waals surface area (Å²) >= 11 is 0. The van der Waals surface area contributed by atoms with Gasteiger partial charge >= 0.3 is 5.97 Å². The average Bonchev–Trinajstić information content (AvgIpc) is 2.60. The highest BCUT2D eigenvalue weighted by molar-refractivity contribution is 6.00. The predicted octanol–water partition coefficient (Wildman–Crippen LogP) is 2.93. The minimum Gasteiger partial charge on any atom is -0.482 e. The van der Waals surface area contributed by atoms with Crippen molar-refractivity contribution in [2.24, 2.45) is 0 Å². The van der Waals surface area contributed by atoms with E-state index in [-0.39, 0.29) is 17.0 Å². The van der Waals surface area contributed by atoms with Crippen LogP contribution in [0.4, 0.5) is 10.1 Å². The minimum atomic E-state index is -1.06. The normalized spacial score (nSPS) is 11.4. The van der Waals surface area contributed by atoms with Crippen molar-refractivity contribution in [3.63, 3.8) is 0 Å². The molecule has 25 heavy (non-hydrogen) atoms. The van der Waals surface area contributed by atoms with Crippen LogP contribution < -0.4 is 4.74 Å². The fraction of sp³-hybridized carbons (Fsp3) is 0.176. The number of hydrogen-bond donors (Lipinski definition) is 0. The lowest BCUT2D eigenvalue weighted by Crippen LogP contribution is -2.27. The zero-order valence-electron chi connectivity index (χ0n) is 13.2. The second kappa shape index (κ2) is 8.00. The second-order valence-corrected chi connectivity index (χ2v) is 5.04. The molecule has 0 aromatic heterocycles.